The van der Waals surface area contributed by atoms with Crippen molar-refractivity contribution in [1.82, 2.24) is 59.8 Å². The SMILES string of the molecule is CC1=C(CCC(=O)[O-])c2cc3nc(cc4[nH]c(cc4C)cc4[nH]c(cc1n2)cc4C)C(C)=C3CCC(=O)[O-].CC1=C(CCC(=O)[O-])c2cc3nc(cc4[nH]c(cc4C)cc4[nH]c(cc1n2)cc4C)C(C)=C3CCC(=O)[O-].CC1=C(CCC(=O)[O-])c2cc3nc(cc4[nH]c(cc4C)cc4[nH]c(cc1n2)cc4C)C(C)=C3CCC(=O)[O-].[Au+3].[Au+3]. The Morgan fingerprint density at radius 2 is 0.362 bits per heavy atom. The number of nitrogens with zero attached hydrogens (tertiary/aromatic N) is 6. The molecule has 0 saturated carbocycles. The van der Waals surface area contributed by atoms with Crippen molar-refractivity contribution in [2.75, 3.05) is 0 Å². The van der Waals surface area contributed by atoms with Crippen LogP contribution in [-0.4, -0.2) is 95.6 Å². The Bertz CT molecular complexity index is 5780. The van der Waals surface area contributed by atoms with Crippen LogP contribution in [0, 0.1) is 41.5 Å². The second-order valence-corrected chi connectivity index (χ2v) is 29.8. The van der Waals surface area contributed by atoms with Crippen molar-refractivity contribution in [3.63, 3.8) is 0 Å². The number of carboxylic acids is 6. The number of nitrogens with one attached hydrogen (secondary N) is 6. The van der Waals surface area contributed by atoms with Gasteiger partial charge in [-0.3, -0.25) is 0 Å². The van der Waals surface area contributed by atoms with Gasteiger partial charge in [-0.2, -0.15) is 0 Å². The molecule has 0 spiro atoms. The number of aromatic nitrogens is 12. The topological polar surface area (TPSA) is 413 Å². The molecule has 0 aliphatic carbocycles. The summed E-state index contributed by atoms with van der Waals surface area (Å²) in [4.78, 5) is 118. The summed E-state index contributed by atoms with van der Waals surface area (Å²) in [6.07, 6.45) is 0.789. The number of rotatable bonds is 18. The Hall–Kier alpha value is -11.9. The number of hydrogen-bond donors (Lipinski definition) is 6. The first kappa shape index (κ1) is 85.0. The minimum atomic E-state index is -1.13. The largest absolute Gasteiger partial charge is 3.00 e. The molecule has 15 heterocycles. The van der Waals surface area contributed by atoms with E-state index < -0.39 is 35.8 Å². The van der Waals surface area contributed by atoms with E-state index >= 15 is 0 Å². The quantitative estimate of drug-likeness (QED) is 0.0435. The van der Waals surface area contributed by atoms with Crippen LogP contribution < -0.4 is 30.6 Å². The van der Waals surface area contributed by atoms with Gasteiger partial charge in [-0.15, -0.1) is 0 Å². The molecule has 0 saturated heterocycles. The van der Waals surface area contributed by atoms with E-state index in [-0.39, 0.29) is 122 Å². The second-order valence-electron chi connectivity index (χ2n) is 29.8. The standard InChI is InChI=1S/3C30H30N4O4.2Au/c3*1-15-9-20-12-25-17(3)21(5-7-29(35)36)27(33-25)14-28-22(6-8-30(37)38)18(4)26(34-28)13-24-16(2)10-19(32-24)11-23(15)31-20;;/h3*9-14,31-32H,5-8H2,1-4H3,(H,35,36)(H,37,38);;/q;;;2*+3/p-6. The van der Waals surface area contributed by atoms with Crippen LogP contribution in [0.15, 0.2) is 109 Å². The zero-order valence-electron chi connectivity index (χ0n) is 66.1. The monoisotopic (exact) mass is 1920 g/mol. The molecule has 24 nitrogen and oxygen atoms in total. The summed E-state index contributed by atoms with van der Waals surface area (Å²) in [5.41, 5.74) is 35.8. The molecule has 0 unspecified atom stereocenters. The van der Waals surface area contributed by atoms with E-state index in [0.29, 0.717) is 34.2 Å². The summed E-state index contributed by atoms with van der Waals surface area (Å²) in [5, 5.41) is 67.8. The number of allylic oxidation sites excluding steroid dienone is 12. The van der Waals surface area contributed by atoms with Gasteiger partial charge in [-0.05, 0) is 370 Å². The predicted molar refractivity (Wildman–Crippen MR) is 432 cm³/mol. The molecule has 116 heavy (non-hydrogen) atoms. The molecule has 9 aromatic rings. The van der Waals surface area contributed by atoms with Gasteiger partial charge in [0.05, 0.1) is 68.3 Å². The Kier molecular flexibility index (Phi) is 26.0. The van der Waals surface area contributed by atoms with Crippen LogP contribution in [-0.2, 0) is 73.5 Å². The van der Waals surface area contributed by atoms with Gasteiger partial charge in [-0.25, -0.2) is 29.9 Å². The number of aryl methyl sites for hydroxylation is 6. The average Bonchev–Trinajstić information content (AvgIpc) is 1.64. The number of aliphatic carboxylic acids is 6. The third kappa shape index (κ3) is 19.0. The summed E-state index contributed by atoms with van der Waals surface area (Å²) < 4.78 is 0. The molecule has 24 bridgehead atoms. The van der Waals surface area contributed by atoms with Crippen LogP contribution in [0.3, 0.4) is 0 Å². The predicted octanol–water partition coefficient (Wildman–Crippen LogP) is 11.6. The van der Waals surface area contributed by atoms with Crippen LogP contribution in [0.4, 0.5) is 0 Å². The van der Waals surface area contributed by atoms with Crippen molar-refractivity contribution in [2.24, 2.45) is 0 Å². The molecule has 9 aromatic heterocycles. The van der Waals surface area contributed by atoms with E-state index in [2.05, 4.69) is 84.5 Å². The number of carbonyl (C=O) groups excluding carboxylic acids is 6. The maximum absolute atomic E-state index is 11.3. The molecule has 6 aliphatic rings. The normalized spacial score (nSPS) is 13.1. The van der Waals surface area contributed by atoms with Gasteiger partial charge in [-0.1, -0.05) is 0 Å². The first-order valence-electron chi connectivity index (χ1n) is 37.8. The molecule has 6 N–H and O–H groups in total. The summed E-state index contributed by atoms with van der Waals surface area (Å²) in [6.45, 7) is 23.8. The molecule has 0 amide bonds. The number of carbonyl (C=O) groups is 6. The third-order valence-corrected chi connectivity index (χ3v) is 21.7. The molecule has 598 valence electrons. The summed E-state index contributed by atoms with van der Waals surface area (Å²) in [7, 11) is 0. The van der Waals surface area contributed by atoms with Crippen molar-refractivity contribution in [2.45, 2.75) is 160 Å². The van der Waals surface area contributed by atoms with E-state index in [1.807, 2.05) is 138 Å². The maximum atomic E-state index is 11.3. The number of carboxylic acid groups (broad SMARTS) is 6. The Morgan fingerprint density at radius 3 is 0.526 bits per heavy atom. The molecule has 0 radical (unpaired) electrons. The molecule has 15 rings (SSSR count). The van der Waals surface area contributed by atoms with Crippen molar-refractivity contribution in [3.8, 4) is 0 Å². The zero-order chi connectivity index (χ0) is 81.4. The van der Waals surface area contributed by atoms with E-state index in [4.69, 9.17) is 29.9 Å². The van der Waals surface area contributed by atoms with Crippen LogP contribution >= 0.6 is 0 Å². The number of aromatic amines is 6. The van der Waals surface area contributed by atoms with Gasteiger partial charge in [0.1, 0.15) is 0 Å². The molecule has 0 aromatic carbocycles. The fourth-order valence-electron chi connectivity index (χ4n) is 15.3. The Balaban J connectivity index is 0.000000170. The molecule has 26 heteroatoms. The minimum absolute atomic E-state index is 0. The van der Waals surface area contributed by atoms with Crippen LogP contribution in [0.1, 0.15) is 220 Å². The minimum Gasteiger partial charge on any atom is -0.550 e. The summed E-state index contributed by atoms with van der Waals surface area (Å²) in [5.74, 6) is -6.78. The Morgan fingerprint density at radius 1 is 0.216 bits per heavy atom. The molecule has 0 atom stereocenters. The van der Waals surface area contributed by atoms with E-state index in [9.17, 15) is 59.4 Å². The fraction of sp³-hybridized carbons (Fsp3) is 0.267. The van der Waals surface area contributed by atoms with Crippen LogP contribution in [0.5, 0.6) is 0 Å². The molecule has 0 fully saturated rings. The van der Waals surface area contributed by atoms with Gasteiger partial charge in [0.2, 0.25) is 0 Å². The third-order valence-electron chi connectivity index (χ3n) is 21.7. The smallest absolute Gasteiger partial charge is 0.550 e. The van der Waals surface area contributed by atoms with Gasteiger partial charge in [0.15, 0.2) is 0 Å². The van der Waals surface area contributed by atoms with E-state index in [1.165, 1.54) is 0 Å². The molecular weight excluding hydrogens is 1830 g/mol. The first-order valence-corrected chi connectivity index (χ1v) is 37.8. The van der Waals surface area contributed by atoms with Crippen LogP contribution in [0.25, 0.3) is 133 Å². The summed E-state index contributed by atoms with van der Waals surface area (Å²) in [6, 6.07) is 35.8. The molecular formula is C90H84Au2N12O12. The zero-order valence-corrected chi connectivity index (χ0v) is 70.4. The first-order chi connectivity index (χ1) is 54.3. The van der Waals surface area contributed by atoms with Gasteiger partial charge >= 0.3 is 44.8 Å². The van der Waals surface area contributed by atoms with Gasteiger partial charge < -0.3 is 89.3 Å². The maximum Gasteiger partial charge on any atom is 3.00 e. The number of hydrogen-bond acceptors (Lipinski definition) is 18. The molecule has 6 aliphatic heterocycles. The van der Waals surface area contributed by atoms with Gasteiger partial charge in [0, 0.05) is 102 Å². The van der Waals surface area contributed by atoms with Crippen LogP contribution in [0.2, 0.25) is 0 Å². The average molecular weight is 1920 g/mol. The van der Waals surface area contributed by atoms with E-state index in [0.717, 1.165) is 201 Å². The second kappa shape index (κ2) is 35.5. The summed E-state index contributed by atoms with van der Waals surface area (Å²) >= 11 is 0. The van der Waals surface area contributed by atoms with Crippen molar-refractivity contribution in [1.29, 1.82) is 0 Å². The Labute approximate surface area is 699 Å². The van der Waals surface area contributed by atoms with Crippen molar-refractivity contribution in [3.05, 3.63) is 211 Å². The number of H-pyrrole nitrogens is 6. The van der Waals surface area contributed by atoms with Gasteiger partial charge in [0.25, 0.3) is 0 Å². The number of fused-ring (bicyclic) bond motifs is 24. The van der Waals surface area contributed by atoms with Crippen molar-refractivity contribution >= 4 is 169 Å². The van der Waals surface area contributed by atoms with E-state index in [1.54, 1.807) is 0 Å². The van der Waals surface area contributed by atoms with Crippen molar-refractivity contribution < 1.29 is 104 Å². The fourth-order valence-corrected chi connectivity index (χ4v) is 15.3.